The summed E-state index contributed by atoms with van der Waals surface area (Å²) in [6, 6.07) is 3.52. The maximum absolute atomic E-state index is 12.1. The number of ether oxygens (including phenoxy) is 2. The summed E-state index contributed by atoms with van der Waals surface area (Å²) in [5.41, 5.74) is 2.28. The molecule has 0 spiro atoms. The van der Waals surface area contributed by atoms with E-state index in [2.05, 4.69) is 15.0 Å². The number of hydrogen-bond donors (Lipinski definition) is 0. The highest BCUT2D eigenvalue weighted by Crippen LogP contribution is 2.29. The smallest absolute Gasteiger partial charge is 0.335 e. The third kappa shape index (κ3) is 3.25. The predicted molar refractivity (Wildman–Crippen MR) is 81.3 cm³/mol. The third-order valence-corrected chi connectivity index (χ3v) is 4.11. The number of rotatable bonds is 4. The number of carbonyl (C=O) groups is 1. The zero-order valence-corrected chi connectivity index (χ0v) is 12.7. The van der Waals surface area contributed by atoms with Crippen LogP contribution in [0.25, 0.3) is 6.08 Å². The van der Waals surface area contributed by atoms with Crippen LogP contribution in [0.5, 0.6) is 5.88 Å². The minimum Gasteiger partial charge on any atom is -0.481 e. The third-order valence-electron chi connectivity index (χ3n) is 3.04. The van der Waals surface area contributed by atoms with E-state index in [0.717, 1.165) is 16.2 Å². The van der Waals surface area contributed by atoms with Gasteiger partial charge in [0.1, 0.15) is 18.0 Å². The van der Waals surface area contributed by atoms with Crippen molar-refractivity contribution in [1.29, 1.82) is 0 Å². The molecule has 2 aromatic rings. The number of fused-ring (bicyclic) bond motifs is 1. The Bertz CT molecular complexity index is 733. The van der Waals surface area contributed by atoms with E-state index in [-0.39, 0.29) is 12.6 Å². The van der Waals surface area contributed by atoms with Crippen LogP contribution >= 0.6 is 11.8 Å². The summed E-state index contributed by atoms with van der Waals surface area (Å²) >= 11 is 1.50. The number of thioether (sulfide) groups is 1. The highest BCUT2D eigenvalue weighted by Gasteiger charge is 2.18. The van der Waals surface area contributed by atoms with Gasteiger partial charge >= 0.3 is 5.97 Å². The van der Waals surface area contributed by atoms with Gasteiger partial charge in [-0.1, -0.05) is 0 Å². The van der Waals surface area contributed by atoms with E-state index in [1.165, 1.54) is 18.1 Å². The van der Waals surface area contributed by atoms with Crippen molar-refractivity contribution in [2.24, 2.45) is 0 Å². The molecule has 0 atom stereocenters. The van der Waals surface area contributed by atoms with Gasteiger partial charge in [0.15, 0.2) is 0 Å². The van der Waals surface area contributed by atoms with Gasteiger partial charge in [-0.25, -0.2) is 19.7 Å². The summed E-state index contributed by atoms with van der Waals surface area (Å²) in [4.78, 5) is 24.3. The van der Waals surface area contributed by atoms with E-state index in [4.69, 9.17) is 9.47 Å². The Hall–Kier alpha value is -2.41. The van der Waals surface area contributed by atoms with Crippen molar-refractivity contribution in [2.45, 2.75) is 11.6 Å². The van der Waals surface area contributed by atoms with Crippen LogP contribution in [0.4, 0.5) is 0 Å². The Morgan fingerprint density at radius 3 is 3.18 bits per heavy atom. The highest BCUT2D eigenvalue weighted by atomic mass is 32.2. The minimum atomic E-state index is -0.335. The monoisotopic (exact) mass is 315 g/mol. The van der Waals surface area contributed by atoms with E-state index in [1.54, 1.807) is 37.7 Å². The van der Waals surface area contributed by atoms with Crippen molar-refractivity contribution in [3.8, 4) is 5.88 Å². The average Bonchev–Trinajstić information content (AvgIpc) is 2.59. The first-order valence-electron chi connectivity index (χ1n) is 6.55. The van der Waals surface area contributed by atoms with Crippen molar-refractivity contribution in [2.75, 3.05) is 12.9 Å². The molecular weight excluding hydrogens is 302 g/mol. The van der Waals surface area contributed by atoms with Gasteiger partial charge in [0.25, 0.3) is 0 Å². The SMILES string of the molecule is COc1cc(COC(=O)C2=Cc3cncnc3SC2)ccn1. The lowest BCUT2D eigenvalue weighted by molar-refractivity contribution is -0.140. The number of methoxy groups -OCH3 is 1. The van der Waals surface area contributed by atoms with Gasteiger partial charge in [0.05, 0.1) is 7.11 Å². The zero-order valence-electron chi connectivity index (χ0n) is 11.9. The predicted octanol–water partition coefficient (Wildman–Crippen LogP) is 2.11. The fourth-order valence-electron chi connectivity index (χ4n) is 1.94. The summed E-state index contributed by atoms with van der Waals surface area (Å²) in [6.07, 6.45) is 6.59. The van der Waals surface area contributed by atoms with Gasteiger partial charge < -0.3 is 9.47 Å². The van der Waals surface area contributed by atoms with E-state index in [1.807, 2.05) is 0 Å². The van der Waals surface area contributed by atoms with Gasteiger partial charge in [0, 0.05) is 35.3 Å². The minimum absolute atomic E-state index is 0.178. The highest BCUT2D eigenvalue weighted by molar-refractivity contribution is 7.99. The van der Waals surface area contributed by atoms with Crippen molar-refractivity contribution in [3.63, 3.8) is 0 Å². The van der Waals surface area contributed by atoms with Gasteiger partial charge in [-0.05, 0) is 17.7 Å². The molecule has 0 amide bonds. The quantitative estimate of drug-likeness (QED) is 0.632. The van der Waals surface area contributed by atoms with Crippen molar-refractivity contribution < 1.29 is 14.3 Å². The molecule has 0 saturated carbocycles. The Morgan fingerprint density at radius 1 is 1.41 bits per heavy atom. The molecule has 3 rings (SSSR count). The molecule has 3 heterocycles. The van der Waals surface area contributed by atoms with Crippen LogP contribution in [0.2, 0.25) is 0 Å². The summed E-state index contributed by atoms with van der Waals surface area (Å²) in [5.74, 6) is 0.701. The van der Waals surface area contributed by atoms with E-state index in [0.29, 0.717) is 17.2 Å². The lowest BCUT2D eigenvalue weighted by atomic mass is 10.2. The standard InChI is InChI=1S/C15H13N3O3S/c1-20-13-4-10(2-3-17-13)7-21-15(19)12-5-11-6-16-9-18-14(11)22-8-12/h2-6,9H,7-8H2,1H3. The molecule has 0 fully saturated rings. The first kappa shape index (κ1) is 14.5. The molecule has 7 heteroatoms. The number of pyridine rings is 1. The first-order chi connectivity index (χ1) is 10.8. The fraction of sp³-hybridized carbons (Fsp3) is 0.200. The summed E-state index contributed by atoms with van der Waals surface area (Å²) in [7, 11) is 1.54. The van der Waals surface area contributed by atoms with Gasteiger partial charge in [-0.15, -0.1) is 11.8 Å². The Balaban J connectivity index is 1.66. The van der Waals surface area contributed by atoms with Crippen LogP contribution in [0, 0.1) is 0 Å². The van der Waals surface area contributed by atoms with Crippen LogP contribution in [0.15, 0.2) is 41.5 Å². The number of aromatic nitrogens is 3. The van der Waals surface area contributed by atoms with Crippen LogP contribution in [0.1, 0.15) is 11.1 Å². The molecule has 0 aliphatic carbocycles. The molecule has 6 nitrogen and oxygen atoms in total. The zero-order chi connectivity index (χ0) is 15.4. The second-order valence-corrected chi connectivity index (χ2v) is 5.49. The average molecular weight is 315 g/mol. The maximum atomic E-state index is 12.1. The van der Waals surface area contributed by atoms with Crippen LogP contribution in [0.3, 0.4) is 0 Å². The summed E-state index contributed by atoms with van der Waals surface area (Å²) in [6.45, 7) is 0.178. The van der Waals surface area contributed by atoms with Crippen molar-refractivity contribution in [1.82, 2.24) is 15.0 Å². The molecule has 0 N–H and O–H groups in total. The summed E-state index contributed by atoms with van der Waals surface area (Å²) < 4.78 is 10.4. The molecule has 1 aliphatic heterocycles. The summed E-state index contributed by atoms with van der Waals surface area (Å²) in [5, 5.41) is 0.880. The Labute approximate surface area is 131 Å². The molecule has 0 saturated heterocycles. The largest absolute Gasteiger partial charge is 0.481 e. The topological polar surface area (TPSA) is 74.2 Å². The van der Waals surface area contributed by atoms with Crippen molar-refractivity contribution in [3.05, 3.63) is 47.6 Å². The second-order valence-electron chi connectivity index (χ2n) is 4.52. The fourth-order valence-corrected chi connectivity index (χ4v) is 2.83. The van der Waals surface area contributed by atoms with E-state index < -0.39 is 0 Å². The van der Waals surface area contributed by atoms with Crippen LogP contribution in [-0.2, 0) is 16.1 Å². The molecular formula is C15H13N3O3S. The van der Waals surface area contributed by atoms with Crippen LogP contribution in [-0.4, -0.2) is 33.8 Å². The Kier molecular flexibility index (Phi) is 4.34. The molecule has 0 unspecified atom stereocenters. The van der Waals surface area contributed by atoms with Gasteiger partial charge in [-0.3, -0.25) is 0 Å². The number of carbonyl (C=O) groups excluding carboxylic acids is 1. The molecule has 0 aromatic carbocycles. The van der Waals surface area contributed by atoms with E-state index in [9.17, 15) is 4.79 Å². The van der Waals surface area contributed by atoms with E-state index >= 15 is 0 Å². The lowest BCUT2D eigenvalue weighted by Gasteiger charge is -2.14. The molecule has 0 bridgehead atoms. The van der Waals surface area contributed by atoms with Crippen molar-refractivity contribution >= 4 is 23.8 Å². The molecule has 1 aliphatic rings. The maximum Gasteiger partial charge on any atom is 0.335 e. The molecule has 112 valence electrons. The van der Waals surface area contributed by atoms with Gasteiger partial charge in [0.2, 0.25) is 5.88 Å². The molecule has 0 radical (unpaired) electrons. The normalized spacial score (nSPS) is 13.0. The van der Waals surface area contributed by atoms with Crippen LogP contribution < -0.4 is 4.74 Å². The lowest BCUT2D eigenvalue weighted by Crippen LogP contribution is -2.12. The first-order valence-corrected chi connectivity index (χ1v) is 7.54. The number of hydrogen-bond acceptors (Lipinski definition) is 7. The second kappa shape index (κ2) is 6.57. The molecule has 2 aromatic heterocycles. The molecule has 22 heavy (non-hydrogen) atoms. The number of esters is 1. The Morgan fingerprint density at radius 2 is 2.32 bits per heavy atom. The van der Waals surface area contributed by atoms with Gasteiger partial charge in [-0.2, -0.15) is 0 Å². The number of nitrogens with zero attached hydrogens (tertiary/aromatic N) is 3.